The van der Waals surface area contributed by atoms with Gasteiger partial charge in [-0.15, -0.1) is 11.3 Å². The average Bonchev–Trinajstić information content (AvgIpc) is 3.36. The fourth-order valence-corrected chi connectivity index (χ4v) is 5.10. The number of nitrogens with two attached hydrogens (primary N) is 1. The van der Waals surface area contributed by atoms with Gasteiger partial charge >= 0.3 is 0 Å². The average molecular weight is 500 g/mol. The Morgan fingerprint density at radius 3 is 2.58 bits per heavy atom. The van der Waals surface area contributed by atoms with Crippen LogP contribution in [0.2, 0.25) is 0 Å². The molecule has 0 saturated heterocycles. The molecule has 0 atom stereocenters. The maximum absolute atomic E-state index is 13.4. The van der Waals surface area contributed by atoms with Crippen LogP contribution in [0.25, 0.3) is 11.3 Å². The Kier molecular flexibility index (Phi) is 8.46. The number of aryl methyl sites for hydroxylation is 1. The van der Waals surface area contributed by atoms with E-state index in [1.165, 1.54) is 16.9 Å². The van der Waals surface area contributed by atoms with E-state index >= 15 is 0 Å². The minimum Gasteiger partial charge on any atom is -0.331 e. The smallest absolute Gasteiger partial charge is 0.255 e. The van der Waals surface area contributed by atoms with E-state index in [9.17, 15) is 4.79 Å². The predicted molar refractivity (Wildman–Crippen MR) is 150 cm³/mol. The zero-order valence-electron chi connectivity index (χ0n) is 21.1. The molecule has 4 N–H and O–H groups in total. The third-order valence-electron chi connectivity index (χ3n) is 6.19. The number of amides is 1. The lowest BCUT2D eigenvalue weighted by Gasteiger charge is -2.18. The van der Waals surface area contributed by atoms with Crippen LogP contribution in [0.5, 0.6) is 0 Å². The standard InChI is InChI=1S/C29H33N5OS/c1-4-7-23-20(16-30)11-13-25(24(23)8-5-2)28(35)32-22-12-10-19(3)26(15-22)33-29-34-27(18-36-29)21-9-6-14-31-17-21/h6,9-15,17-18H,4-5,7-8,16,30H2,1-3H3,(H,32,35)(H,33,34). The van der Waals surface area contributed by atoms with Crippen molar-refractivity contribution in [3.05, 3.63) is 88.1 Å². The van der Waals surface area contributed by atoms with E-state index in [2.05, 4.69) is 29.5 Å². The zero-order chi connectivity index (χ0) is 25.5. The van der Waals surface area contributed by atoms with Gasteiger partial charge in [-0.1, -0.05) is 38.8 Å². The van der Waals surface area contributed by atoms with Crippen LogP contribution in [0.1, 0.15) is 59.3 Å². The quantitative estimate of drug-likeness (QED) is 0.221. The van der Waals surface area contributed by atoms with Gasteiger partial charge in [-0.25, -0.2) is 4.98 Å². The van der Waals surface area contributed by atoms with E-state index in [0.29, 0.717) is 6.54 Å². The Labute approximate surface area is 217 Å². The Morgan fingerprint density at radius 2 is 1.86 bits per heavy atom. The number of rotatable bonds is 10. The molecule has 0 spiro atoms. The van der Waals surface area contributed by atoms with Crippen molar-refractivity contribution in [2.75, 3.05) is 10.6 Å². The molecule has 2 aromatic heterocycles. The molecular formula is C29H33N5OS. The van der Waals surface area contributed by atoms with Gasteiger partial charge in [0.05, 0.1) is 5.69 Å². The van der Waals surface area contributed by atoms with Gasteiger partial charge in [0.15, 0.2) is 5.13 Å². The van der Waals surface area contributed by atoms with E-state index < -0.39 is 0 Å². The molecule has 1 amide bonds. The highest BCUT2D eigenvalue weighted by Gasteiger charge is 2.17. The van der Waals surface area contributed by atoms with E-state index in [1.807, 2.05) is 54.8 Å². The largest absolute Gasteiger partial charge is 0.331 e. The summed E-state index contributed by atoms with van der Waals surface area (Å²) in [4.78, 5) is 22.3. The molecule has 0 bridgehead atoms. The first kappa shape index (κ1) is 25.5. The van der Waals surface area contributed by atoms with Crippen LogP contribution < -0.4 is 16.4 Å². The normalized spacial score (nSPS) is 10.9. The number of hydrogen-bond acceptors (Lipinski definition) is 6. The molecule has 0 fully saturated rings. The molecule has 4 aromatic rings. The van der Waals surface area contributed by atoms with Gasteiger partial charge in [0.25, 0.3) is 5.91 Å². The van der Waals surface area contributed by atoms with Crippen molar-refractivity contribution in [3.63, 3.8) is 0 Å². The number of benzene rings is 2. The van der Waals surface area contributed by atoms with Gasteiger partial charge in [-0.05, 0) is 72.4 Å². The highest BCUT2D eigenvalue weighted by molar-refractivity contribution is 7.14. The summed E-state index contributed by atoms with van der Waals surface area (Å²) < 4.78 is 0. The maximum atomic E-state index is 13.4. The minimum atomic E-state index is -0.0951. The number of thiazole rings is 1. The number of nitrogens with zero attached hydrogens (tertiary/aromatic N) is 2. The second kappa shape index (κ2) is 11.9. The van der Waals surface area contributed by atoms with Crippen LogP contribution in [0.3, 0.4) is 0 Å². The molecule has 36 heavy (non-hydrogen) atoms. The van der Waals surface area contributed by atoms with Gasteiger partial charge in [0, 0.05) is 46.8 Å². The summed E-state index contributed by atoms with van der Waals surface area (Å²) in [5, 5.41) is 9.32. The fourth-order valence-electron chi connectivity index (χ4n) is 4.37. The summed E-state index contributed by atoms with van der Waals surface area (Å²) in [5.41, 5.74) is 14.8. The van der Waals surface area contributed by atoms with E-state index in [0.717, 1.165) is 75.7 Å². The molecule has 0 radical (unpaired) electrons. The molecule has 6 nitrogen and oxygen atoms in total. The predicted octanol–water partition coefficient (Wildman–Crippen LogP) is 6.87. The minimum absolute atomic E-state index is 0.0951. The number of aromatic nitrogens is 2. The SMILES string of the molecule is CCCc1c(CN)ccc(C(=O)Nc2ccc(C)c(Nc3nc(-c4cccnc4)cs3)c2)c1CCC. The first-order valence-corrected chi connectivity index (χ1v) is 13.3. The molecule has 0 aliphatic rings. The summed E-state index contributed by atoms with van der Waals surface area (Å²) in [6.07, 6.45) is 7.32. The Morgan fingerprint density at radius 1 is 1.06 bits per heavy atom. The van der Waals surface area contributed by atoms with Crippen LogP contribution in [0.4, 0.5) is 16.5 Å². The van der Waals surface area contributed by atoms with Crippen LogP contribution >= 0.6 is 11.3 Å². The molecule has 2 aromatic carbocycles. The third kappa shape index (κ3) is 5.80. The Balaban J connectivity index is 1.56. The molecule has 0 saturated carbocycles. The number of anilines is 3. The number of carbonyl (C=O) groups is 1. The van der Waals surface area contributed by atoms with Crippen molar-refractivity contribution < 1.29 is 4.79 Å². The molecular weight excluding hydrogens is 466 g/mol. The second-order valence-corrected chi connectivity index (χ2v) is 9.68. The van der Waals surface area contributed by atoms with Crippen molar-refractivity contribution in [1.82, 2.24) is 9.97 Å². The van der Waals surface area contributed by atoms with Crippen LogP contribution in [-0.2, 0) is 19.4 Å². The van der Waals surface area contributed by atoms with Gasteiger partial charge in [0.1, 0.15) is 0 Å². The van der Waals surface area contributed by atoms with Gasteiger partial charge in [-0.3, -0.25) is 9.78 Å². The molecule has 0 aliphatic carbocycles. The second-order valence-electron chi connectivity index (χ2n) is 8.82. The third-order valence-corrected chi connectivity index (χ3v) is 6.95. The molecule has 186 valence electrons. The van der Waals surface area contributed by atoms with Gasteiger partial charge in [-0.2, -0.15) is 0 Å². The summed E-state index contributed by atoms with van der Waals surface area (Å²) in [7, 11) is 0. The van der Waals surface area contributed by atoms with Crippen LogP contribution in [0, 0.1) is 6.92 Å². The first-order valence-electron chi connectivity index (χ1n) is 12.4. The van der Waals surface area contributed by atoms with Gasteiger partial charge in [0.2, 0.25) is 0 Å². The Hall–Kier alpha value is -3.55. The van der Waals surface area contributed by atoms with Crippen LogP contribution in [-0.4, -0.2) is 15.9 Å². The summed E-state index contributed by atoms with van der Waals surface area (Å²) in [5.74, 6) is -0.0951. The zero-order valence-corrected chi connectivity index (χ0v) is 21.9. The summed E-state index contributed by atoms with van der Waals surface area (Å²) in [6.45, 7) is 6.82. The fraction of sp³-hybridized carbons (Fsp3) is 0.276. The lowest BCUT2D eigenvalue weighted by atomic mass is 9.90. The highest BCUT2D eigenvalue weighted by Crippen LogP contribution is 2.30. The lowest BCUT2D eigenvalue weighted by molar-refractivity contribution is 0.102. The van der Waals surface area contributed by atoms with Crippen molar-refractivity contribution >= 4 is 33.8 Å². The van der Waals surface area contributed by atoms with Crippen molar-refractivity contribution in [2.45, 2.75) is 53.0 Å². The summed E-state index contributed by atoms with van der Waals surface area (Å²) >= 11 is 1.53. The summed E-state index contributed by atoms with van der Waals surface area (Å²) in [6, 6.07) is 13.7. The monoisotopic (exact) mass is 499 g/mol. The maximum Gasteiger partial charge on any atom is 0.255 e. The molecule has 7 heteroatoms. The number of hydrogen-bond donors (Lipinski definition) is 3. The lowest BCUT2D eigenvalue weighted by Crippen LogP contribution is -2.17. The molecule has 0 aliphatic heterocycles. The van der Waals surface area contributed by atoms with E-state index in [1.54, 1.807) is 12.4 Å². The molecule has 0 unspecified atom stereocenters. The van der Waals surface area contributed by atoms with Crippen molar-refractivity contribution in [3.8, 4) is 11.3 Å². The van der Waals surface area contributed by atoms with E-state index in [4.69, 9.17) is 10.7 Å². The highest BCUT2D eigenvalue weighted by atomic mass is 32.1. The first-order chi connectivity index (χ1) is 17.5. The molecule has 4 rings (SSSR count). The number of carbonyl (C=O) groups excluding carboxylic acids is 1. The number of nitrogens with one attached hydrogen (secondary N) is 2. The number of pyridine rings is 1. The van der Waals surface area contributed by atoms with E-state index in [-0.39, 0.29) is 5.91 Å². The van der Waals surface area contributed by atoms with Gasteiger partial charge < -0.3 is 16.4 Å². The van der Waals surface area contributed by atoms with Crippen LogP contribution in [0.15, 0.2) is 60.2 Å². The van der Waals surface area contributed by atoms with Crippen molar-refractivity contribution in [1.29, 1.82) is 0 Å². The Bertz CT molecular complexity index is 1330. The van der Waals surface area contributed by atoms with Crippen molar-refractivity contribution in [2.24, 2.45) is 5.73 Å². The molecule has 2 heterocycles. The topological polar surface area (TPSA) is 92.9 Å².